The van der Waals surface area contributed by atoms with Crippen LogP contribution in [0.1, 0.15) is 33.3 Å². The fraction of sp³-hybridized carbons (Fsp3) is 0.600. The third-order valence-electron chi connectivity index (χ3n) is 3.57. The molecule has 0 heterocycles. The second-order valence-corrected chi connectivity index (χ2v) is 5.47. The number of aliphatic hydroxyl groups excluding tert-OH is 1. The maximum absolute atomic E-state index is 9.81. The lowest BCUT2D eigenvalue weighted by atomic mass is 9.86. The average Bonchev–Trinajstić information content (AvgIpc) is 2.26. The van der Waals surface area contributed by atoms with Crippen LogP contribution in [0.25, 0.3) is 0 Å². The molecule has 1 aromatic rings. The molecule has 2 nitrogen and oxygen atoms in total. The molecule has 1 aromatic carbocycles. The molecule has 0 aliphatic carbocycles. The monoisotopic (exact) mass is 235 g/mol. The highest BCUT2D eigenvalue weighted by atomic mass is 16.3. The number of benzene rings is 1. The summed E-state index contributed by atoms with van der Waals surface area (Å²) in [5.41, 5.74) is 2.46. The lowest BCUT2D eigenvalue weighted by Gasteiger charge is -2.36. The van der Waals surface area contributed by atoms with Crippen LogP contribution < -0.4 is 4.90 Å². The Kier molecular flexibility index (Phi) is 4.58. The van der Waals surface area contributed by atoms with Crippen molar-refractivity contribution in [2.45, 2.75) is 40.7 Å². The van der Waals surface area contributed by atoms with Crippen LogP contribution in [0, 0.1) is 12.3 Å². The third kappa shape index (κ3) is 3.47. The Labute approximate surface area is 105 Å². The molecule has 0 aromatic heterocycles. The first-order valence-electron chi connectivity index (χ1n) is 6.37. The van der Waals surface area contributed by atoms with Crippen molar-refractivity contribution < 1.29 is 5.11 Å². The largest absolute Gasteiger partial charge is 0.393 e. The second kappa shape index (κ2) is 5.54. The zero-order valence-corrected chi connectivity index (χ0v) is 11.7. The molecular formula is C15H25NO. The molecule has 0 aliphatic heterocycles. The van der Waals surface area contributed by atoms with E-state index in [2.05, 4.69) is 56.9 Å². The number of anilines is 1. The highest BCUT2D eigenvalue weighted by molar-refractivity contribution is 5.53. The number of hydrogen-bond acceptors (Lipinski definition) is 2. The van der Waals surface area contributed by atoms with Gasteiger partial charge in [0, 0.05) is 24.2 Å². The summed E-state index contributed by atoms with van der Waals surface area (Å²) in [7, 11) is 0. The summed E-state index contributed by atoms with van der Waals surface area (Å²) in [5, 5.41) is 9.81. The Morgan fingerprint density at radius 2 is 1.88 bits per heavy atom. The maximum Gasteiger partial charge on any atom is 0.0579 e. The molecule has 96 valence electrons. The Bertz CT molecular complexity index is 358. The van der Waals surface area contributed by atoms with Crippen LogP contribution in [0.15, 0.2) is 24.3 Å². The van der Waals surface area contributed by atoms with Crippen molar-refractivity contribution in [1.29, 1.82) is 0 Å². The van der Waals surface area contributed by atoms with Gasteiger partial charge >= 0.3 is 0 Å². The zero-order chi connectivity index (χ0) is 13.1. The Hall–Kier alpha value is -1.02. The highest BCUT2D eigenvalue weighted by Gasteiger charge is 2.27. The van der Waals surface area contributed by atoms with Gasteiger partial charge in [-0.3, -0.25) is 0 Å². The van der Waals surface area contributed by atoms with Gasteiger partial charge in [0.05, 0.1) is 6.10 Å². The van der Waals surface area contributed by atoms with Crippen molar-refractivity contribution in [2.24, 2.45) is 5.41 Å². The van der Waals surface area contributed by atoms with E-state index in [1.807, 2.05) is 6.92 Å². The summed E-state index contributed by atoms with van der Waals surface area (Å²) in [4.78, 5) is 2.34. The van der Waals surface area contributed by atoms with Crippen LogP contribution in [-0.2, 0) is 0 Å². The second-order valence-electron chi connectivity index (χ2n) is 5.47. The first-order valence-corrected chi connectivity index (χ1v) is 6.37. The van der Waals surface area contributed by atoms with Crippen molar-refractivity contribution >= 4 is 5.69 Å². The third-order valence-corrected chi connectivity index (χ3v) is 3.57. The van der Waals surface area contributed by atoms with Crippen LogP contribution in [0.4, 0.5) is 5.69 Å². The minimum absolute atomic E-state index is 0.0989. The van der Waals surface area contributed by atoms with Crippen molar-refractivity contribution in [3.63, 3.8) is 0 Å². The number of aryl methyl sites for hydroxylation is 1. The van der Waals surface area contributed by atoms with E-state index in [0.717, 1.165) is 13.1 Å². The summed E-state index contributed by atoms with van der Waals surface area (Å²) in [5.74, 6) is 0. The molecule has 17 heavy (non-hydrogen) atoms. The first-order chi connectivity index (χ1) is 7.88. The summed E-state index contributed by atoms with van der Waals surface area (Å²) in [6.07, 6.45) is -0.305. The molecule has 1 rings (SSSR count). The summed E-state index contributed by atoms with van der Waals surface area (Å²) in [6.45, 7) is 12.2. The predicted molar refractivity (Wildman–Crippen MR) is 74.5 cm³/mol. The van der Waals surface area contributed by atoms with Gasteiger partial charge in [0.15, 0.2) is 0 Å². The highest BCUT2D eigenvalue weighted by Crippen LogP contribution is 2.27. The van der Waals surface area contributed by atoms with E-state index >= 15 is 0 Å². The standard InChI is InChI=1S/C15H25NO/c1-6-16(11-15(4,5)13(3)17)14-10-8-7-9-12(14)2/h7-10,13,17H,6,11H2,1-5H3. The lowest BCUT2D eigenvalue weighted by Crippen LogP contribution is -2.40. The lowest BCUT2D eigenvalue weighted by molar-refractivity contribution is 0.0711. The van der Waals surface area contributed by atoms with Crippen LogP contribution in [0.2, 0.25) is 0 Å². The normalized spacial score (nSPS) is 13.5. The van der Waals surface area contributed by atoms with Gasteiger partial charge in [-0.15, -0.1) is 0 Å². The topological polar surface area (TPSA) is 23.5 Å². The summed E-state index contributed by atoms with van der Waals surface area (Å²) in [6, 6.07) is 8.41. The fourth-order valence-electron chi connectivity index (χ4n) is 1.91. The van der Waals surface area contributed by atoms with Crippen LogP contribution in [-0.4, -0.2) is 24.3 Å². The van der Waals surface area contributed by atoms with Gasteiger partial charge in [0.1, 0.15) is 0 Å². The average molecular weight is 235 g/mol. The molecule has 0 amide bonds. The summed E-state index contributed by atoms with van der Waals surface area (Å²) < 4.78 is 0. The Morgan fingerprint density at radius 3 is 2.35 bits per heavy atom. The van der Waals surface area contributed by atoms with Gasteiger partial charge in [-0.25, -0.2) is 0 Å². The van der Waals surface area contributed by atoms with Crippen LogP contribution in [0.3, 0.4) is 0 Å². The number of aliphatic hydroxyl groups is 1. The molecule has 0 radical (unpaired) electrons. The van der Waals surface area contributed by atoms with Crippen molar-refractivity contribution in [3.8, 4) is 0 Å². The van der Waals surface area contributed by atoms with Crippen molar-refractivity contribution in [1.82, 2.24) is 0 Å². The van der Waals surface area contributed by atoms with E-state index in [0.29, 0.717) is 0 Å². The maximum atomic E-state index is 9.81. The van der Waals surface area contributed by atoms with E-state index in [-0.39, 0.29) is 11.5 Å². The van der Waals surface area contributed by atoms with Crippen molar-refractivity contribution in [3.05, 3.63) is 29.8 Å². The smallest absolute Gasteiger partial charge is 0.0579 e. The first kappa shape index (κ1) is 14.0. The SMILES string of the molecule is CCN(CC(C)(C)C(C)O)c1ccccc1C. The Balaban J connectivity index is 2.90. The van der Waals surface area contributed by atoms with Crippen LogP contribution in [0.5, 0.6) is 0 Å². The van der Waals surface area contributed by atoms with Gasteiger partial charge in [-0.05, 0) is 32.4 Å². The van der Waals surface area contributed by atoms with Gasteiger partial charge in [-0.1, -0.05) is 32.0 Å². The fourth-order valence-corrected chi connectivity index (χ4v) is 1.91. The van der Waals surface area contributed by atoms with Gasteiger partial charge in [-0.2, -0.15) is 0 Å². The summed E-state index contributed by atoms with van der Waals surface area (Å²) >= 11 is 0. The van der Waals surface area contributed by atoms with E-state index in [1.165, 1.54) is 11.3 Å². The number of nitrogens with zero attached hydrogens (tertiary/aromatic N) is 1. The number of hydrogen-bond donors (Lipinski definition) is 1. The van der Waals surface area contributed by atoms with E-state index in [4.69, 9.17) is 0 Å². The number of para-hydroxylation sites is 1. The zero-order valence-electron chi connectivity index (χ0n) is 11.7. The quantitative estimate of drug-likeness (QED) is 0.847. The molecule has 0 saturated heterocycles. The molecule has 0 fully saturated rings. The minimum Gasteiger partial charge on any atom is -0.393 e. The van der Waals surface area contributed by atoms with Crippen molar-refractivity contribution in [2.75, 3.05) is 18.0 Å². The molecule has 0 saturated carbocycles. The molecule has 1 atom stereocenters. The number of rotatable bonds is 5. The molecule has 2 heteroatoms. The van der Waals surface area contributed by atoms with E-state index < -0.39 is 0 Å². The predicted octanol–water partition coefficient (Wildman–Crippen LogP) is 3.23. The van der Waals surface area contributed by atoms with Crippen LogP contribution >= 0.6 is 0 Å². The van der Waals surface area contributed by atoms with E-state index in [1.54, 1.807) is 0 Å². The minimum atomic E-state index is -0.305. The van der Waals surface area contributed by atoms with Gasteiger partial charge < -0.3 is 10.0 Å². The molecule has 0 aliphatic rings. The molecule has 0 spiro atoms. The molecule has 1 N–H and O–H groups in total. The molecule has 0 bridgehead atoms. The van der Waals surface area contributed by atoms with E-state index in [9.17, 15) is 5.11 Å². The Morgan fingerprint density at radius 1 is 1.29 bits per heavy atom. The molecular weight excluding hydrogens is 210 g/mol. The molecule has 1 unspecified atom stereocenters. The van der Waals surface area contributed by atoms with Gasteiger partial charge in [0.25, 0.3) is 0 Å². The van der Waals surface area contributed by atoms with Gasteiger partial charge in [0.2, 0.25) is 0 Å².